The van der Waals surface area contributed by atoms with Crippen LogP contribution in [0.4, 0.5) is 0 Å². The molecule has 0 amide bonds. The van der Waals surface area contributed by atoms with Gasteiger partial charge in [0, 0.05) is 17.5 Å². The van der Waals surface area contributed by atoms with Crippen molar-refractivity contribution in [2.24, 2.45) is 0 Å². The van der Waals surface area contributed by atoms with Gasteiger partial charge in [0.25, 0.3) is 0 Å². The fourth-order valence-electron chi connectivity index (χ4n) is 4.70. The molecule has 2 saturated heterocycles. The SMILES string of the molecule is O=S1(=O)OCC[C@H]2[C@H](c3ccccc3)CC3(CCCC3)N21. The molecule has 0 aromatic heterocycles. The average Bonchev–Trinajstić information content (AvgIpc) is 3.07. The summed E-state index contributed by atoms with van der Waals surface area (Å²) in [6.07, 6.45) is 5.97. The molecule has 5 heteroatoms. The quantitative estimate of drug-likeness (QED) is 0.801. The summed E-state index contributed by atoms with van der Waals surface area (Å²) < 4.78 is 31.9. The smallest absolute Gasteiger partial charge is 0.258 e. The molecule has 1 saturated carbocycles. The van der Waals surface area contributed by atoms with Crippen LogP contribution in [-0.4, -0.2) is 30.9 Å². The maximum atomic E-state index is 12.5. The molecule has 2 heterocycles. The van der Waals surface area contributed by atoms with Gasteiger partial charge in [0.05, 0.1) is 6.61 Å². The summed E-state index contributed by atoms with van der Waals surface area (Å²) in [7, 11) is -3.56. The number of fused-ring (bicyclic) bond motifs is 2. The van der Waals surface area contributed by atoms with E-state index in [1.54, 1.807) is 4.31 Å². The van der Waals surface area contributed by atoms with E-state index in [0.29, 0.717) is 12.5 Å². The molecule has 0 bridgehead atoms. The van der Waals surface area contributed by atoms with Gasteiger partial charge in [0.15, 0.2) is 0 Å². The van der Waals surface area contributed by atoms with Crippen molar-refractivity contribution < 1.29 is 12.6 Å². The monoisotopic (exact) mass is 307 g/mol. The normalized spacial score (nSPS) is 34.1. The van der Waals surface area contributed by atoms with Crippen molar-refractivity contribution in [3.05, 3.63) is 35.9 Å². The molecule has 3 aliphatic rings. The molecule has 4 rings (SSSR count). The van der Waals surface area contributed by atoms with E-state index < -0.39 is 10.3 Å². The van der Waals surface area contributed by atoms with Gasteiger partial charge in [-0.3, -0.25) is 4.18 Å². The Morgan fingerprint density at radius 3 is 2.57 bits per heavy atom. The van der Waals surface area contributed by atoms with Gasteiger partial charge < -0.3 is 0 Å². The first-order valence-electron chi connectivity index (χ1n) is 7.86. The molecule has 0 unspecified atom stereocenters. The van der Waals surface area contributed by atoms with Crippen LogP contribution in [0.1, 0.15) is 50.0 Å². The van der Waals surface area contributed by atoms with E-state index in [1.165, 1.54) is 5.56 Å². The van der Waals surface area contributed by atoms with Crippen molar-refractivity contribution in [2.45, 2.75) is 56.0 Å². The Morgan fingerprint density at radius 1 is 1.14 bits per heavy atom. The summed E-state index contributed by atoms with van der Waals surface area (Å²) in [5, 5.41) is 0. The maximum absolute atomic E-state index is 12.5. The standard InChI is InChI=1S/C16H21NO3S/c18-21(19)17-15(8-11-20-21)14(13-6-2-1-3-7-13)12-16(17)9-4-5-10-16/h1-3,6-7,14-15H,4-5,8-12H2/t14-,15-/m0/s1. The van der Waals surface area contributed by atoms with Crippen LogP contribution in [0.3, 0.4) is 0 Å². The highest BCUT2D eigenvalue weighted by Gasteiger charge is 2.59. The number of hydrogen-bond donors (Lipinski definition) is 0. The summed E-state index contributed by atoms with van der Waals surface area (Å²) in [4.78, 5) is 0. The number of hydrogen-bond acceptors (Lipinski definition) is 3. The summed E-state index contributed by atoms with van der Waals surface area (Å²) in [5.41, 5.74) is 1.08. The van der Waals surface area contributed by atoms with Crippen molar-refractivity contribution in [1.29, 1.82) is 0 Å². The molecule has 1 aliphatic carbocycles. The van der Waals surface area contributed by atoms with Crippen LogP contribution < -0.4 is 0 Å². The second-order valence-electron chi connectivity index (χ2n) is 6.58. The minimum absolute atomic E-state index is 0.0734. The first kappa shape index (κ1) is 13.7. The molecular weight excluding hydrogens is 286 g/mol. The Hall–Kier alpha value is -0.910. The van der Waals surface area contributed by atoms with E-state index in [4.69, 9.17) is 4.18 Å². The molecular formula is C16H21NO3S. The Balaban J connectivity index is 1.79. The highest BCUT2D eigenvalue weighted by Crippen LogP contribution is 2.54. The summed E-state index contributed by atoms with van der Waals surface area (Å²) in [5.74, 6) is 0.308. The summed E-state index contributed by atoms with van der Waals surface area (Å²) in [6.45, 7) is 0.322. The van der Waals surface area contributed by atoms with E-state index in [2.05, 4.69) is 12.1 Å². The summed E-state index contributed by atoms with van der Waals surface area (Å²) >= 11 is 0. The largest absolute Gasteiger partial charge is 0.339 e. The lowest BCUT2D eigenvalue weighted by molar-refractivity contribution is 0.122. The van der Waals surface area contributed by atoms with Gasteiger partial charge >= 0.3 is 10.3 Å². The Morgan fingerprint density at radius 2 is 1.86 bits per heavy atom. The van der Waals surface area contributed by atoms with Crippen molar-refractivity contribution in [3.63, 3.8) is 0 Å². The zero-order valence-electron chi connectivity index (χ0n) is 12.1. The molecule has 0 N–H and O–H groups in total. The van der Waals surface area contributed by atoms with Crippen LogP contribution in [0.25, 0.3) is 0 Å². The molecule has 4 nitrogen and oxygen atoms in total. The van der Waals surface area contributed by atoms with Crippen LogP contribution in [0.2, 0.25) is 0 Å². The number of nitrogens with zero attached hydrogens (tertiary/aromatic N) is 1. The van der Waals surface area contributed by atoms with Gasteiger partial charge in [0.1, 0.15) is 0 Å². The third-order valence-corrected chi connectivity index (χ3v) is 7.09. The minimum atomic E-state index is -3.56. The predicted molar refractivity (Wildman–Crippen MR) is 80.1 cm³/mol. The molecule has 0 radical (unpaired) electrons. The van der Waals surface area contributed by atoms with Crippen LogP contribution in [-0.2, 0) is 14.5 Å². The zero-order valence-corrected chi connectivity index (χ0v) is 12.9. The third kappa shape index (κ3) is 2.05. The van der Waals surface area contributed by atoms with E-state index in [9.17, 15) is 8.42 Å². The Bertz CT molecular complexity index is 622. The van der Waals surface area contributed by atoms with E-state index in [-0.39, 0.29) is 11.6 Å². The van der Waals surface area contributed by atoms with Gasteiger partial charge in [0.2, 0.25) is 0 Å². The first-order chi connectivity index (χ1) is 10.1. The molecule has 114 valence electrons. The molecule has 1 aromatic rings. The lowest BCUT2D eigenvalue weighted by atomic mass is 9.85. The maximum Gasteiger partial charge on any atom is 0.339 e. The third-order valence-electron chi connectivity index (χ3n) is 5.48. The number of rotatable bonds is 1. The second-order valence-corrected chi connectivity index (χ2v) is 8.07. The fraction of sp³-hybridized carbons (Fsp3) is 0.625. The average molecular weight is 307 g/mol. The van der Waals surface area contributed by atoms with Crippen LogP contribution in [0, 0.1) is 0 Å². The fourth-order valence-corrected chi connectivity index (χ4v) is 6.44. The van der Waals surface area contributed by atoms with Crippen LogP contribution in [0.15, 0.2) is 30.3 Å². The van der Waals surface area contributed by atoms with Crippen molar-refractivity contribution in [2.75, 3.05) is 6.61 Å². The highest BCUT2D eigenvalue weighted by molar-refractivity contribution is 7.84. The summed E-state index contributed by atoms with van der Waals surface area (Å²) in [6, 6.07) is 10.5. The molecule has 2 atom stereocenters. The Labute approximate surface area is 126 Å². The van der Waals surface area contributed by atoms with Crippen molar-refractivity contribution in [1.82, 2.24) is 4.31 Å². The van der Waals surface area contributed by atoms with Crippen molar-refractivity contribution in [3.8, 4) is 0 Å². The van der Waals surface area contributed by atoms with E-state index in [1.807, 2.05) is 18.2 Å². The highest BCUT2D eigenvalue weighted by atomic mass is 32.2. The lowest BCUT2D eigenvalue weighted by Gasteiger charge is -2.39. The molecule has 3 fully saturated rings. The second kappa shape index (κ2) is 4.80. The van der Waals surface area contributed by atoms with Gasteiger partial charge in [-0.05, 0) is 31.2 Å². The lowest BCUT2D eigenvalue weighted by Crippen LogP contribution is -2.52. The Kier molecular flexibility index (Phi) is 3.14. The topological polar surface area (TPSA) is 46.6 Å². The van der Waals surface area contributed by atoms with Crippen LogP contribution >= 0.6 is 0 Å². The first-order valence-corrected chi connectivity index (χ1v) is 9.23. The molecule has 21 heavy (non-hydrogen) atoms. The van der Waals surface area contributed by atoms with Gasteiger partial charge in [-0.2, -0.15) is 12.7 Å². The van der Waals surface area contributed by atoms with Crippen LogP contribution in [0.5, 0.6) is 0 Å². The predicted octanol–water partition coefficient (Wildman–Crippen LogP) is 2.82. The van der Waals surface area contributed by atoms with E-state index in [0.717, 1.165) is 38.5 Å². The molecule has 1 spiro atoms. The minimum Gasteiger partial charge on any atom is -0.258 e. The van der Waals surface area contributed by atoms with Gasteiger partial charge in [-0.1, -0.05) is 43.2 Å². The zero-order chi connectivity index (χ0) is 14.5. The van der Waals surface area contributed by atoms with Gasteiger partial charge in [-0.25, -0.2) is 0 Å². The van der Waals surface area contributed by atoms with E-state index >= 15 is 0 Å². The van der Waals surface area contributed by atoms with Gasteiger partial charge in [-0.15, -0.1) is 0 Å². The molecule has 1 aromatic carbocycles. The number of benzene rings is 1. The molecule has 2 aliphatic heterocycles. The van der Waals surface area contributed by atoms with Crippen molar-refractivity contribution >= 4 is 10.3 Å².